The summed E-state index contributed by atoms with van der Waals surface area (Å²) in [5.74, 6) is -4.59. The number of pyridine rings is 1. The van der Waals surface area contributed by atoms with E-state index in [0.717, 1.165) is 30.2 Å². The molecule has 1 atom stereocenters. The van der Waals surface area contributed by atoms with E-state index in [1.54, 1.807) is 6.26 Å². The van der Waals surface area contributed by atoms with Crippen LogP contribution >= 0.6 is 0 Å². The Morgan fingerprint density at radius 1 is 1.05 bits per heavy atom. The molecule has 3 aromatic rings. The first-order valence-electron chi connectivity index (χ1n) is 10.7. The Morgan fingerprint density at radius 2 is 1.71 bits per heavy atom. The minimum absolute atomic E-state index is 0.0197. The number of aliphatic carboxylic acids is 2. The molecule has 10 nitrogen and oxygen atoms in total. The molecule has 38 heavy (non-hydrogen) atoms. The van der Waals surface area contributed by atoms with E-state index in [9.17, 15) is 26.3 Å². The smallest absolute Gasteiger partial charge is 0.475 e. The van der Waals surface area contributed by atoms with Crippen LogP contribution in [0, 0.1) is 0 Å². The second-order valence-electron chi connectivity index (χ2n) is 7.48. The molecule has 4 rings (SSSR count). The van der Waals surface area contributed by atoms with Crippen LogP contribution in [0.1, 0.15) is 28.8 Å². The van der Waals surface area contributed by atoms with Gasteiger partial charge in [0.25, 0.3) is 0 Å². The van der Waals surface area contributed by atoms with Crippen LogP contribution in [0.5, 0.6) is 0 Å². The third-order valence-electron chi connectivity index (χ3n) is 4.61. The summed E-state index contributed by atoms with van der Waals surface area (Å²) < 4.78 is 76.7. The van der Waals surface area contributed by atoms with E-state index < -0.39 is 24.3 Å². The molecule has 0 aromatic carbocycles. The average Bonchev–Trinajstić information content (AvgIpc) is 3.49. The highest BCUT2D eigenvalue weighted by molar-refractivity contribution is 5.73. The molecule has 0 bridgehead atoms. The maximum Gasteiger partial charge on any atom is 0.490 e. The van der Waals surface area contributed by atoms with Crippen LogP contribution in [-0.4, -0.2) is 62.4 Å². The standard InChI is InChI=1S/C18H20N4O2.2C2HF3O2/c1-2-7-20-15(4-1)13-22-12-14-6-9-24-17(18(14)21-22)11-19-10-16-5-3-8-23-16;2*3-2(4,5)1(6)7/h1-5,7-8,12,17,19H,6,9-11,13H2;2*(H,6,7). The lowest BCUT2D eigenvalue weighted by molar-refractivity contribution is -0.193. The molecular weight excluding hydrogens is 530 g/mol. The lowest BCUT2D eigenvalue weighted by atomic mass is 10.1. The maximum absolute atomic E-state index is 10.6. The fourth-order valence-electron chi connectivity index (χ4n) is 2.97. The molecule has 0 fully saturated rings. The highest BCUT2D eigenvalue weighted by Gasteiger charge is 2.38. The summed E-state index contributed by atoms with van der Waals surface area (Å²) in [4.78, 5) is 22.2. The van der Waals surface area contributed by atoms with Gasteiger partial charge in [-0.2, -0.15) is 31.4 Å². The molecule has 1 aliphatic rings. The molecule has 208 valence electrons. The molecule has 1 unspecified atom stereocenters. The Kier molecular flexibility index (Phi) is 10.8. The highest BCUT2D eigenvalue weighted by Crippen LogP contribution is 2.25. The van der Waals surface area contributed by atoms with Crippen molar-refractivity contribution >= 4 is 11.9 Å². The largest absolute Gasteiger partial charge is 0.490 e. The van der Waals surface area contributed by atoms with E-state index in [-0.39, 0.29) is 6.10 Å². The SMILES string of the molecule is O=C(O)C(F)(F)F.O=C(O)C(F)(F)F.c1ccc(Cn2cc3c(n2)C(CNCc2ccco2)OCC3)nc1. The molecule has 0 radical (unpaired) electrons. The molecule has 0 saturated carbocycles. The number of furan rings is 1. The number of nitrogens with one attached hydrogen (secondary N) is 1. The number of rotatable bonds is 6. The predicted octanol–water partition coefficient (Wildman–Crippen LogP) is 3.59. The van der Waals surface area contributed by atoms with Crippen LogP contribution in [0.25, 0.3) is 0 Å². The molecule has 0 aliphatic carbocycles. The Balaban J connectivity index is 0.000000301. The van der Waals surface area contributed by atoms with Gasteiger partial charge in [-0.1, -0.05) is 6.07 Å². The van der Waals surface area contributed by atoms with Gasteiger partial charge < -0.3 is 24.7 Å². The zero-order valence-electron chi connectivity index (χ0n) is 19.4. The number of aromatic nitrogens is 3. The highest BCUT2D eigenvalue weighted by atomic mass is 19.4. The minimum atomic E-state index is -5.08. The summed E-state index contributed by atoms with van der Waals surface area (Å²) in [6.45, 7) is 2.82. The lowest BCUT2D eigenvalue weighted by Crippen LogP contribution is -2.27. The maximum atomic E-state index is 10.6. The van der Waals surface area contributed by atoms with Crippen molar-refractivity contribution in [3.8, 4) is 0 Å². The quantitative estimate of drug-likeness (QED) is 0.392. The summed E-state index contributed by atoms with van der Waals surface area (Å²) in [5, 5.41) is 22.4. The van der Waals surface area contributed by atoms with Crippen molar-refractivity contribution in [1.29, 1.82) is 0 Å². The van der Waals surface area contributed by atoms with Crippen LogP contribution in [0.2, 0.25) is 0 Å². The van der Waals surface area contributed by atoms with Gasteiger partial charge in [0.05, 0.1) is 37.3 Å². The number of carbonyl (C=O) groups is 2. The number of fused-ring (bicyclic) bond motifs is 1. The van der Waals surface area contributed by atoms with E-state index in [4.69, 9.17) is 34.1 Å². The number of halogens is 6. The third kappa shape index (κ3) is 10.2. The first-order chi connectivity index (χ1) is 17.8. The predicted molar refractivity (Wildman–Crippen MR) is 116 cm³/mol. The second kappa shape index (κ2) is 13.6. The molecule has 0 spiro atoms. The molecule has 3 N–H and O–H groups in total. The van der Waals surface area contributed by atoms with E-state index >= 15 is 0 Å². The van der Waals surface area contributed by atoms with Gasteiger partial charge in [-0.05, 0) is 36.2 Å². The molecule has 1 aliphatic heterocycles. The van der Waals surface area contributed by atoms with Gasteiger partial charge in [0.2, 0.25) is 0 Å². The summed E-state index contributed by atoms with van der Waals surface area (Å²) in [6.07, 6.45) is -3.67. The van der Waals surface area contributed by atoms with Gasteiger partial charge in [0.15, 0.2) is 0 Å². The van der Waals surface area contributed by atoms with Crippen molar-refractivity contribution in [1.82, 2.24) is 20.1 Å². The fourth-order valence-corrected chi connectivity index (χ4v) is 2.97. The summed E-state index contributed by atoms with van der Waals surface area (Å²) >= 11 is 0. The number of hydrogen-bond donors (Lipinski definition) is 3. The molecule has 0 amide bonds. The number of carboxylic acids is 2. The van der Waals surface area contributed by atoms with Gasteiger partial charge in [-0.3, -0.25) is 9.67 Å². The van der Waals surface area contributed by atoms with E-state index in [1.807, 2.05) is 41.2 Å². The van der Waals surface area contributed by atoms with Gasteiger partial charge in [-0.15, -0.1) is 0 Å². The fraction of sp³-hybridized carbons (Fsp3) is 0.364. The molecule has 3 aromatic heterocycles. The van der Waals surface area contributed by atoms with Crippen molar-refractivity contribution in [2.75, 3.05) is 13.2 Å². The lowest BCUT2D eigenvalue weighted by Gasteiger charge is -2.22. The van der Waals surface area contributed by atoms with Crippen molar-refractivity contribution in [3.05, 3.63) is 71.7 Å². The van der Waals surface area contributed by atoms with E-state index in [2.05, 4.69) is 16.5 Å². The van der Waals surface area contributed by atoms with Crippen LogP contribution in [0.3, 0.4) is 0 Å². The van der Waals surface area contributed by atoms with Gasteiger partial charge >= 0.3 is 24.3 Å². The van der Waals surface area contributed by atoms with Crippen molar-refractivity contribution in [3.63, 3.8) is 0 Å². The minimum Gasteiger partial charge on any atom is -0.475 e. The number of nitrogens with zero attached hydrogens (tertiary/aromatic N) is 3. The van der Waals surface area contributed by atoms with Gasteiger partial charge in [0, 0.05) is 18.9 Å². The molecule has 0 saturated heterocycles. The zero-order valence-corrected chi connectivity index (χ0v) is 19.4. The summed E-state index contributed by atoms with van der Waals surface area (Å²) in [7, 11) is 0. The monoisotopic (exact) mass is 552 g/mol. The number of hydrogen-bond acceptors (Lipinski definition) is 7. The third-order valence-corrected chi connectivity index (χ3v) is 4.61. The summed E-state index contributed by atoms with van der Waals surface area (Å²) in [6, 6.07) is 9.79. The second-order valence-corrected chi connectivity index (χ2v) is 7.48. The Labute approximate surface area is 210 Å². The number of ether oxygens (including phenoxy) is 1. The van der Waals surface area contributed by atoms with Crippen LogP contribution < -0.4 is 5.32 Å². The topological polar surface area (TPSA) is 140 Å². The van der Waals surface area contributed by atoms with E-state index in [1.165, 1.54) is 5.56 Å². The molecule has 4 heterocycles. The summed E-state index contributed by atoms with van der Waals surface area (Å²) in [5.41, 5.74) is 3.30. The Bertz CT molecular complexity index is 1130. The number of alkyl halides is 6. The Hall–Kier alpha value is -3.92. The average molecular weight is 552 g/mol. The first-order valence-corrected chi connectivity index (χ1v) is 10.7. The van der Waals surface area contributed by atoms with Gasteiger partial charge in [-0.25, -0.2) is 9.59 Å². The first kappa shape index (κ1) is 30.3. The zero-order chi connectivity index (χ0) is 28.3. The van der Waals surface area contributed by atoms with Crippen molar-refractivity contribution in [2.45, 2.75) is 38.0 Å². The molecular formula is C22H22F6N4O6. The normalized spacial score (nSPS) is 14.8. The van der Waals surface area contributed by atoms with E-state index in [0.29, 0.717) is 19.6 Å². The van der Waals surface area contributed by atoms with Crippen molar-refractivity contribution in [2.24, 2.45) is 0 Å². The van der Waals surface area contributed by atoms with Gasteiger partial charge in [0.1, 0.15) is 11.9 Å². The van der Waals surface area contributed by atoms with Crippen LogP contribution in [0.4, 0.5) is 26.3 Å². The van der Waals surface area contributed by atoms with Crippen LogP contribution in [-0.2, 0) is 33.8 Å². The number of carboxylic acid groups (broad SMARTS) is 2. The van der Waals surface area contributed by atoms with Crippen LogP contribution in [0.15, 0.2) is 53.4 Å². The van der Waals surface area contributed by atoms with Crippen molar-refractivity contribution < 1.29 is 55.3 Å². The molecule has 16 heteroatoms. The Morgan fingerprint density at radius 3 is 2.24 bits per heavy atom.